The molecule has 0 aliphatic heterocycles. The third-order valence-electron chi connectivity index (χ3n) is 3.81. The number of rotatable bonds is 3. The summed E-state index contributed by atoms with van der Waals surface area (Å²) < 4.78 is 1.82. The normalized spacial score (nSPS) is 12.3. The summed E-state index contributed by atoms with van der Waals surface area (Å²) in [5, 5.41) is 5.44. The van der Waals surface area contributed by atoms with Crippen LogP contribution in [-0.2, 0) is 7.05 Å². The molecule has 1 amide bonds. The molecular weight excluding hydrogens is 260 g/mol. The highest BCUT2D eigenvalue weighted by Gasteiger charge is 2.14. The minimum Gasteiger partial charge on any atom is -0.347 e. The second-order valence-electron chi connectivity index (χ2n) is 5.27. The van der Waals surface area contributed by atoms with Gasteiger partial charge in [0.2, 0.25) is 0 Å². The summed E-state index contributed by atoms with van der Waals surface area (Å²) in [4.78, 5) is 12.3. The van der Waals surface area contributed by atoms with E-state index < -0.39 is 0 Å². The smallest absolute Gasteiger partial charge is 0.268 e. The standard InChI is InChI=1S/C18H18N2O/c1-13(19-18(21)17-11-6-12-20(17)2)15-10-5-8-14-7-3-4-9-16(14)15/h3-13H,1-2H3,(H,19,21). The van der Waals surface area contributed by atoms with Crippen molar-refractivity contribution in [2.45, 2.75) is 13.0 Å². The Kier molecular flexibility index (Phi) is 3.48. The van der Waals surface area contributed by atoms with Crippen LogP contribution >= 0.6 is 0 Å². The molecule has 0 spiro atoms. The zero-order chi connectivity index (χ0) is 14.8. The fraction of sp³-hybridized carbons (Fsp3) is 0.167. The second-order valence-corrected chi connectivity index (χ2v) is 5.27. The highest BCUT2D eigenvalue weighted by molar-refractivity contribution is 5.93. The maximum atomic E-state index is 12.3. The summed E-state index contributed by atoms with van der Waals surface area (Å²) in [6.45, 7) is 2.02. The zero-order valence-corrected chi connectivity index (χ0v) is 12.2. The van der Waals surface area contributed by atoms with Crippen molar-refractivity contribution in [1.82, 2.24) is 9.88 Å². The Balaban J connectivity index is 1.89. The van der Waals surface area contributed by atoms with Crippen LogP contribution in [0.3, 0.4) is 0 Å². The fourth-order valence-electron chi connectivity index (χ4n) is 2.67. The number of hydrogen-bond donors (Lipinski definition) is 1. The molecular formula is C18H18N2O. The molecule has 0 aliphatic rings. The van der Waals surface area contributed by atoms with Crippen LogP contribution in [0, 0.1) is 0 Å². The van der Waals surface area contributed by atoms with E-state index in [9.17, 15) is 4.79 Å². The monoisotopic (exact) mass is 278 g/mol. The Morgan fingerprint density at radius 2 is 1.81 bits per heavy atom. The van der Waals surface area contributed by atoms with E-state index in [0.29, 0.717) is 5.69 Å². The summed E-state index contributed by atoms with van der Waals surface area (Å²) >= 11 is 0. The number of aryl methyl sites for hydroxylation is 1. The predicted molar refractivity (Wildman–Crippen MR) is 85.2 cm³/mol. The fourth-order valence-corrected chi connectivity index (χ4v) is 2.67. The van der Waals surface area contributed by atoms with Crippen LogP contribution in [-0.4, -0.2) is 10.5 Å². The van der Waals surface area contributed by atoms with Crippen molar-refractivity contribution < 1.29 is 4.79 Å². The van der Waals surface area contributed by atoms with Crippen molar-refractivity contribution in [3.8, 4) is 0 Å². The average molecular weight is 278 g/mol. The highest BCUT2D eigenvalue weighted by Crippen LogP contribution is 2.24. The van der Waals surface area contributed by atoms with Crippen LogP contribution in [0.5, 0.6) is 0 Å². The SMILES string of the molecule is CC(NC(=O)c1cccn1C)c1cccc2ccccc12. The molecule has 0 bridgehead atoms. The molecule has 0 radical (unpaired) electrons. The van der Waals surface area contributed by atoms with Gasteiger partial charge in [-0.25, -0.2) is 0 Å². The Bertz CT molecular complexity index is 783. The number of hydrogen-bond acceptors (Lipinski definition) is 1. The number of amides is 1. The molecule has 106 valence electrons. The molecule has 0 saturated carbocycles. The Labute approximate surface area is 124 Å². The van der Waals surface area contributed by atoms with Crippen LogP contribution < -0.4 is 5.32 Å². The number of nitrogens with one attached hydrogen (secondary N) is 1. The number of nitrogens with zero attached hydrogens (tertiary/aromatic N) is 1. The molecule has 0 fully saturated rings. The minimum atomic E-state index is -0.0528. The number of carbonyl (C=O) groups is 1. The van der Waals surface area contributed by atoms with Gasteiger partial charge in [0.15, 0.2) is 0 Å². The third kappa shape index (κ3) is 2.55. The maximum Gasteiger partial charge on any atom is 0.268 e. The lowest BCUT2D eigenvalue weighted by molar-refractivity contribution is 0.0932. The zero-order valence-electron chi connectivity index (χ0n) is 12.2. The van der Waals surface area contributed by atoms with Gasteiger partial charge in [-0.15, -0.1) is 0 Å². The first-order chi connectivity index (χ1) is 10.2. The first-order valence-corrected chi connectivity index (χ1v) is 7.06. The van der Waals surface area contributed by atoms with E-state index in [1.807, 2.05) is 55.1 Å². The van der Waals surface area contributed by atoms with Crippen molar-refractivity contribution in [3.05, 3.63) is 72.1 Å². The van der Waals surface area contributed by atoms with Gasteiger partial charge < -0.3 is 9.88 Å². The van der Waals surface area contributed by atoms with E-state index in [4.69, 9.17) is 0 Å². The summed E-state index contributed by atoms with van der Waals surface area (Å²) in [5.74, 6) is -0.0528. The number of aromatic nitrogens is 1. The summed E-state index contributed by atoms with van der Waals surface area (Å²) in [6.07, 6.45) is 1.87. The van der Waals surface area contributed by atoms with Crippen LogP contribution in [0.1, 0.15) is 29.0 Å². The highest BCUT2D eigenvalue weighted by atomic mass is 16.2. The Morgan fingerprint density at radius 3 is 2.57 bits per heavy atom. The van der Waals surface area contributed by atoms with Gasteiger partial charge in [0.1, 0.15) is 5.69 Å². The van der Waals surface area contributed by atoms with Crippen LogP contribution in [0.15, 0.2) is 60.8 Å². The molecule has 3 rings (SSSR count). The molecule has 21 heavy (non-hydrogen) atoms. The molecule has 1 heterocycles. The van der Waals surface area contributed by atoms with Crippen molar-refractivity contribution in [3.63, 3.8) is 0 Å². The van der Waals surface area contributed by atoms with Crippen molar-refractivity contribution in [2.75, 3.05) is 0 Å². The topological polar surface area (TPSA) is 34.0 Å². The number of fused-ring (bicyclic) bond motifs is 1. The molecule has 0 aliphatic carbocycles. The van der Waals surface area contributed by atoms with Crippen LogP contribution in [0.25, 0.3) is 10.8 Å². The van der Waals surface area contributed by atoms with E-state index >= 15 is 0 Å². The molecule has 2 aromatic carbocycles. The second kappa shape index (κ2) is 5.44. The summed E-state index contributed by atoms with van der Waals surface area (Å²) in [5.41, 5.74) is 1.80. The average Bonchev–Trinajstić information content (AvgIpc) is 2.92. The molecule has 0 saturated heterocycles. The van der Waals surface area contributed by atoms with Gasteiger partial charge in [0.05, 0.1) is 6.04 Å². The summed E-state index contributed by atoms with van der Waals surface area (Å²) in [6, 6.07) is 18.1. The first kappa shape index (κ1) is 13.4. The largest absolute Gasteiger partial charge is 0.347 e. The molecule has 3 aromatic rings. The van der Waals surface area contributed by atoms with Crippen LogP contribution in [0.4, 0.5) is 0 Å². The van der Waals surface area contributed by atoms with Crippen LogP contribution in [0.2, 0.25) is 0 Å². The lowest BCUT2D eigenvalue weighted by Crippen LogP contribution is -2.28. The molecule has 1 aromatic heterocycles. The van der Waals surface area contributed by atoms with Gasteiger partial charge in [-0.2, -0.15) is 0 Å². The lowest BCUT2D eigenvalue weighted by atomic mass is 9.99. The first-order valence-electron chi connectivity index (χ1n) is 7.06. The lowest BCUT2D eigenvalue weighted by Gasteiger charge is -2.17. The molecule has 1 N–H and O–H groups in total. The van der Waals surface area contributed by atoms with Crippen molar-refractivity contribution in [1.29, 1.82) is 0 Å². The van der Waals surface area contributed by atoms with E-state index in [1.165, 1.54) is 10.8 Å². The minimum absolute atomic E-state index is 0.0431. The van der Waals surface area contributed by atoms with Gasteiger partial charge >= 0.3 is 0 Å². The summed E-state index contributed by atoms with van der Waals surface area (Å²) in [7, 11) is 1.87. The number of benzene rings is 2. The van der Waals surface area contributed by atoms with Gasteiger partial charge in [-0.05, 0) is 35.4 Å². The third-order valence-corrected chi connectivity index (χ3v) is 3.81. The van der Waals surface area contributed by atoms with E-state index in [-0.39, 0.29) is 11.9 Å². The molecule has 1 unspecified atom stereocenters. The van der Waals surface area contributed by atoms with E-state index in [2.05, 4.69) is 29.6 Å². The maximum absolute atomic E-state index is 12.3. The van der Waals surface area contributed by atoms with E-state index in [0.717, 1.165) is 5.56 Å². The van der Waals surface area contributed by atoms with Gasteiger partial charge in [0.25, 0.3) is 5.91 Å². The van der Waals surface area contributed by atoms with Gasteiger partial charge in [-0.3, -0.25) is 4.79 Å². The van der Waals surface area contributed by atoms with Gasteiger partial charge in [-0.1, -0.05) is 42.5 Å². The molecule has 3 nitrogen and oxygen atoms in total. The number of carbonyl (C=O) groups excluding carboxylic acids is 1. The Morgan fingerprint density at radius 1 is 1.05 bits per heavy atom. The van der Waals surface area contributed by atoms with Crippen molar-refractivity contribution in [2.24, 2.45) is 7.05 Å². The molecule has 3 heteroatoms. The predicted octanol–water partition coefficient (Wildman–Crippen LogP) is 3.67. The van der Waals surface area contributed by atoms with Gasteiger partial charge in [0, 0.05) is 13.2 Å². The van der Waals surface area contributed by atoms with E-state index in [1.54, 1.807) is 0 Å². The Hall–Kier alpha value is -2.55. The molecule has 1 atom stereocenters. The van der Waals surface area contributed by atoms with Crippen molar-refractivity contribution >= 4 is 16.7 Å². The quantitative estimate of drug-likeness (QED) is 0.779.